The number of Topliss-reactive ketones (excluding diaryl/α,β-unsaturated/α-hetero) is 3. The lowest BCUT2D eigenvalue weighted by Crippen LogP contribution is -2.67. The van der Waals surface area contributed by atoms with Crippen LogP contribution in [-0.2, 0) is 21.5 Å². The van der Waals surface area contributed by atoms with E-state index >= 15 is 0 Å². The van der Waals surface area contributed by atoms with Gasteiger partial charge in [-0.15, -0.1) is 0 Å². The van der Waals surface area contributed by atoms with Crippen LogP contribution in [0.25, 0.3) is 0 Å². The lowest BCUT2D eigenvalue weighted by molar-refractivity contribution is -0.135. The first kappa shape index (κ1) is 24.3. The first-order valence-corrected chi connectivity index (χ1v) is 11.1. The normalized spacial score (nSPS) is 24.1. The Balaban J connectivity index is 1.89. The monoisotopic (exact) mass is 507 g/mol. The van der Waals surface area contributed by atoms with E-state index in [4.69, 9.17) is 15.2 Å². The Morgan fingerprint density at radius 2 is 1.68 bits per heavy atom. The van der Waals surface area contributed by atoms with Crippen LogP contribution in [0.5, 0.6) is 11.5 Å². The number of ketones is 4. The Kier molecular flexibility index (Phi) is 4.99. The standard InChI is InChI=1S/C26H21NO10/c1-9-6-10-4-5-25(37-3)23(33)17-12(7-11-16(20(17)30)14(28)8-13(27)19(11)29)22(32)26(25,35)18(10)21(31)15(9)24(34)36-2/h6-8,30-31,35H,4-5,27H2,1-3H3/t25-,26+/m0/s1. The summed E-state index contributed by atoms with van der Waals surface area (Å²) in [6.45, 7) is 1.53. The van der Waals surface area contributed by atoms with Gasteiger partial charge >= 0.3 is 5.97 Å². The number of rotatable bonds is 2. The molecule has 0 fully saturated rings. The largest absolute Gasteiger partial charge is 0.507 e. The summed E-state index contributed by atoms with van der Waals surface area (Å²) >= 11 is 0. The summed E-state index contributed by atoms with van der Waals surface area (Å²) < 4.78 is 10.3. The maximum atomic E-state index is 14.1. The van der Waals surface area contributed by atoms with Crippen molar-refractivity contribution in [3.05, 3.63) is 68.4 Å². The highest BCUT2D eigenvalue weighted by molar-refractivity contribution is 6.30. The lowest BCUT2D eigenvalue weighted by Gasteiger charge is -2.50. The molecule has 0 saturated heterocycles. The van der Waals surface area contributed by atoms with Crippen LogP contribution in [0.1, 0.15) is 74.9 Å². The molecule has 3 aliphatic carbocycles. The summed E-state index contributed by atoms with van der Waals surface area (Å²) in [5, 5.41) is 34.3. The second-order valence-electron chi connectivity index (χ2n) is 9.21. The van der Waals surface area contributed by atoms with E-state index in [1.165, 1.54) is 13.0 Å². The summed E-state index contributed by atoms with van der Waals surface area (Å²) in [6.07, 6.45) is 0.599. The quantitative estimate of drug-likeness (QED) is 0.424. The zero-order valence-electron chi connectivity index (χ0n) is 19.9. The molecule has 5 rings (SSSR count). The number of fused-ring (bicyclic) bond motifs is 5. The van der Waals surface area contributed by atoms with Gasteiger partial charge in [-0.25, -0.2) is 4.79 Å². The number of aliphatic hydroxyl groups is 1. The van der Waals surface area contributed by atoms with Gasteiger partial charge in [-0.05, 0) is 37.0 Å². The van der Waals surface area contributed by atoms with Gasteiger partial charge in [0, 0.05) is 29.9 Å². The number of hydrogen-bond acceptors (Lipinski definition) is 11. The number of allylic oxidation sites excluding steroid dienone is 2. The molecule has 2 atom stereocenters. The van der Waals surface area contributed by atoms with Crippen molar-refractivity contribution in [1.82, 2.24) is 0 Å². The smallest absolute Gasteiger partial charge is 0.341 e. The second kappa shape index (κ2) is 7.58. The average molecular weight is 507 g/mol. The average Bonchev–Trinajstić information content (AvgIpc) is 2.85. The first-order chi connectivity index (χ1) is 17.4. The Morgan fingerprint density at radius 1 is 1.00 bits per heavy atom. The summed E-state index contributed by atoms with van der Waals surface area (Å²) in [4.78, 5) is 65.7. The number of aryl methyl sites for hydroxylation is 2. The summed E-state index contributed by atoms with van der Waals surface area (Å²) in [6, 6.07) is 2.41. The van der Waals surface area contributed by atoms with Crippen LogP contribution >= 0.6 is 0 Å². The highest BCUT2D eigenvalue weighted by atomic mass is 16.5. The molecule has 2 aromatic carbocycles. The first-order valence-electron chi connectivity index (χ1n) is 11.1. The predicted molar refractivity (Wildman–Crippen MR) is 124 cm³/mol. The zero-order chi connectivity index (χ0) is 27.2. The van der Waals surface area contributed by atoms with Gasteiger partial charge in [-0.2, -0.15) is 0 Å². The van der Waals surface area contributed by atoms with Gasteiger partial charge < -0.3 is 30.5 Å². The molecule has 190 valence electrons. The second-order valence-corrected chi connectivity index (χ2v) is 9.21. The number of benzene rings is 2. The summed E-state index contributed by atoms with van der Waals surface area (Å²) in [5.74, 6) is -6.56. The molecule has 2 aromatic rings. The maximum absolute atomic E-state index is 14.1. The minimum Gasteiger partial charge on any atom is -0.507 e. The number of phenolic OH excluding ortho intramolecular Hbond substituents is 2. The molecular weight excluding hydrogens is 486 g/mol. The molecule has 0 amide bonds. The minimum atomic E-state index is -2.87. The summed E-state index contributed by atoms with van der Waals surface area (Å²) in [5.41, 5.74) is -2.28. The van der Waals surface area contributed by atoms with Crippen LogP contribution in [0.4, 0.5) is 0 Å². The molecule has 0 heterocycles. The molecule has 0 aromatic heterocycles. The molecule has 0 saturated carbocycles. The lowest BCUT2D eigenvalue weighted by atomic mass is 9.57. The van der Waals surface area contributed by atoms with Gasteiger partial charge in [0.1, 0.15) is 17.1 Å². The van der Waals surface area contributed by atoms with Crippen molar-refractivity contribution in [2.75, 3.05) is 14.2 Å². The van der Waals surface area contributed by atoms with Crippen molar-refractivity contribution < 1.29 is 48.8 Å². The fraction of sp³-hybridized carbons (Fsp3) is 0.269. The van der Waals surface area contributed by atoms with E-state index in [1.807, 2.05) is 0 Å². The van der Waals surface area contributed by atoms with E-state index in [2.05, 4.69) is 0 Å². The number of esters is 1. The minimum absolute atomic E-state index is 0.0398. The number of nitrogens with two attached hydrogens (primary N) is 1. The van der Waals surface area contributed by atoms with Gasteiger partial charge in [-0.1, -0.05) is 6.07 Å². The van der Waals surface area contributed by atoms with Crippen LogP contribution in [-0.4, -0.2) is 64.2 Å². The van der Waals surface area contributed by atoms with E-state index in [-0.39, 0.29) is 24.0 Å². The molecule has 5 N–H and O–H groups in total. The number of carbonyl (C=O) groups is 5. The topological polar surface area (TPSA) is 191 Å². The molecule has 3 aliphatic rings. The number of ether oxygens (including phenoxy) is 2. The third kappa shape index (κ3) is 2.69. The van der Waals surface area contributed by atoms with Crippen LogP contribution in [0, 0.1) is 6.92 Å². The van der Waals surface area contributed by atoms with Gasteiger partial charge in [0.05, 0.1) is 23.9 Å². The molecule has 11 nitrogen and oxygen atoms in total. The molecule has 0 spiro atoms. The van der Waals surface area contributed by atoms with Crippen LogP contribution in [0.2, 0.25) is 0 Å². The van der Waals surface area contributed by atoms with Gasteiger partial charge in [0.2, 0.25) is 17.3 Å². The van der Waals surface area contributed by atoms with Gasteiger partial charge in [0.15, 0.2) is 17.0 Å². The molecule has 0 unspecified atom stereocenters. The van der Waals surface area contributed by atoms with E-state index in [9.17, 15) is 39.3 Å². The van der Waals surface area contributed by atoms with E-state index < -0.39 is 85.3 Å². The number of aromatic hydroxyl groups is 2. The van der Waals surface area contributed by atoms with Gasteiger partial charge in [-0.3, -0.25) is 19.2 Å². The van der Waals surface area contributed by atoms with Crippen LogP contribution in [0.15, 0.2) is 23.9 Å². The number of methoxy groups -OCH3 is 2. The fourth-order valence-corrected chi connectivity index (χ4v) is 5.78. The molecule has 37 heavy (non-hydrogen) atoms. The maximum Gasteiger partial charge on any atom is 0.341 e. The fourth-order valence-electron chi connectivity index (χ4n) is 5.78. The number of hydrogen-bond donors (Lipinski definition) is 4. The molecular formula is C26H21NO10. The van der Waals surface area contributed by atoms with Crippen LogP contribution in [0.3, 0.4) is 0 Å². The Morgan fingerprint density at radius 3 is 2.30 bits per heavy atom. The van der Waals surface area contributed by atoms with E-state index in [0.29, 0.717) is 5.56 Å². The highest BCUT2D eigenvalue weighted by Crippen LogP contribution is 2.56. The zero-order valence-corrected chi connectivity index (χ0v) is 19.9. The van der Waals surface area contributed by atoms with E-state index in [0.717, 1.165) is 26.4 Å². The molecule has 11 heteroatoms. The predicted octanol–water partition coefficient (Wildman–Crippen LogP) is 1.01. The van der Waals surface area contributed by atoms with Gasteiger partial charge in [0.25, 0.3) is 0 Å². The molecule has 0 aliphatic heterocycles. The third-order valence-corrected chi connectivity index (χ3v) is 7.52. The third-order valence-electron chi connectivity index (χ3n) is 7.52. The highest BCUT2D eigenvalue weighted by Gasteiger charge is 2.69. The van der Waals surface area contributed by atoms with Crippen molar-refractivity contribution >= 4 is 29.1 Å². The van der Waals surface area contributed by atoms with Crippen LogP contribution < -0.4 is 5.73 Å². The Bertz CT molecular complexity index is 1550. The van der Waals surface area contributed by atoms with Crippen molar-refractivity contribution in [3.63, 3.8) is 0 Å². The molecule has 0 bridgehead atoms. The number of carbonyl (C=O) groups excluding carboxylic acids is 5. The number of phenols is 2. The summed E-state index contributed by atoms with van der Waals surface area (Å²) in [7, 11) is 2.16. The van der Waals surface area contributed by atoms with Crippen molar-refractivity contribution in [2.24, 2.45) is 5.73 Å². The Labute approximate surface area is 209 Å². The molecule has 0 radical (unpaired) electrons. The van der Waals surface area contributed by atoms with Crippen molar-refractivity contribution in [3.8, 4) is 11.5 Å². The van der Waals surface area contributed by atoms with Crippen molar-refractivity contribution in [2.45, 2.75) is 31.0 Å². The SMILES string of the molecule is COC(=O)c1c(C)cc2c(c1O)[C@@]1(O)C(=O)c3cc4c(c(O)c3C(=O)[C@@]1(OC)CC2)C(=O)C=C(N)C4=O. The van der Waals surface area contributed by atoms with Crippen molar-refractivity contribution in [1.29, 1.82) is 0 Å². The Hall–Kier alpha value is -4.35. The van der Waals surface area contributed by atoms with E-state index in [1.54, 1.807) is 0 Å².